The van der Waals surface area contributed by atoms with Crippen molar-refractivity contribution in [1.82, 2.24) is 4.90 Å². The number of rotatable bonds is 9. The van der Waals surface area contributed by atoms with Gasteiger partial charge in [-0.2, -0.15) is 0 Å². The highest BCUT2D eigenvalue weighted by molar-refractivity contribution is 5.95. The van der Waals surface area contributed by atoms with Crippen LogP contribution in [0.3, 0.4) is 0 Å². The molecule has 6 heteroatoms. The molecule has 0 unspecified atom stereocenters. The molecular weight excluding hydrogens is 342 g/mol. The van der Waals surface area contributed by atoms with E-state index in [-0.39, 0.29) is 24.9 Å². The van der Waals surface area contributed by atoms with Crippen molar-refractivity contribution in [2.45, 2.75) is 13.8 Å². The van der Waals surface area contributed by atoms with E-state index in [1.165, 1.54) is 0 Å². The van der Waals surface area contributed by atoms with Gasteiger partial charge in [0.1, 0.15) is 0 Å². The predicted molar refractivity (Wildman–Crippen MR) is 108 cm³/mol. The van der Waals surface area contributed by atoms with E-state index in [9.17, 15) is 9.59 Å². The minimum Gasteiger partial charge on any atom is -0.383 e. The van der Waals surface area contributed by atoms with Gasteiger partial charge >= 0.3 is 0 Å². The van der Waals surface area contributed by atoms with Crippen LogP contribution in [-0.4, -0.2) is 50.1 Å². The van der Waals surface area contributed by atoms with E-state index in [0.717, 1.165) is 22.5 Å². The lowest BCUT2D eigenvalue weighted by molar-refractivity contribution is -0.120. The lowest BCUT2D eigenvalue weighted by Gasteiger charge is -2.21. The van der Waals surface area contributed by atoms with Gasteiger partial charge in [-0.25, -0.2) is 0 Å². The Morgan fingerprint density at radius 3 is 2.26 bits per heavy atom. The fourth-order valence-corrected chi connectivity index (χ4v) is 2.64. The molecule has 2 aromatic rings. The summed E-state index contributed by atoms with van der Waals surface area (Å²) in [6, 6.07) is 15.0. The van der Waals surface area contributed by atoms with Gasteiger partial charge in [-0.1, -0.05) is 30.3 Å². The fourth-order valence-electron chi connectivity index (χ4n) is 2.64. The number of aryl methyl sites for hydroxylation is 1. The Hall–Kier alpha value is -2.70. The summed E-state index contributed by atoms with van der Waals surface area (Å²) in [4.78, 5) is 26.5. The summed E-state index contributed by atoms with van der Waals surface area (Å²) in [5, 5.41) is 5.76. The molecule has 6 nitrogen and oxygen atoms in total. The van der Waals surface area contributed by atoms with Crippen LogP contribution in [0, 0.1) is 13.8 Å². The van der Waals surface area contributed by atoms with Crippen LogP contribution in [0.15, 0.2) is 48.5 Å². The van der Waals surface area contributed by atoms with Gasteiger partial charge in [-0.15, -0.1) is 0 Å². The van der Waals surface area contributed by atoms with E-state index in [4.69, 9.17) is 4.74 Å². The van der Waals surface area contributed by atoms with Crippen molar-refractivity contribution < 1.29 is 14.3 Å². The maximum absolute atomic E-state index is 12.5. The second-order valence-electron chi connectivity index (χ2n) is 6.41. The summed E-state index contributed by atoms with van der Waals surface area (Å²) in [6.07, 6.45) is 0. The molecule has 0 saturated heterocycles. The van der Waals surface area contributed by atoms with Crippen LogP contribution >= 0.6 is 0 Å². The van der Waals surface area contributed by atoms with E-state index >= 15 is 0 Å². The number of nitrogens with one attached hydrogen (secondary N) is 2. The quantitative estimate of drug-likeness (QED) is 0.713. The third-order valence-electron chi connectivity index (χ3n) is 4.28. The zero-order valence-electron chi connectivity index (χ0n) is 16.1. The average Bonchev–Trinajstić information content (AvgIpc) is 2.64. The Balaban J connectivity index is 1.95. The van der Waals surface area contributed by atoms with E-state index < -0.39 is 0 Å². The molecule has 0 radical (unpaired) electrons. The molecule has 0 bridgehead atoms. The van der Waals surface area contributed by atoms with E-state index in [1.54, 1.807) is 12.0 Å². The molecule has 0 spiro atoms. The molecule has 0 fully saturated rings. The number of ether oxygens (including phenoxy) is 1. The number of benzene rings is 2. The lowest BCUT2D eigenvalue weighted by atomic mass is 10.1. The number of nitrogens with zero attached hydrogens (tertiary/aromatic N) is 1. The average molecular weight is 369 g/mol. The van der Waals surface area contributed by atoms with Crippen LogP contribution in [0.4, 0.5) is 11.4 Å². The largest absolute Gasteiger partial charge is 0.383 e. The summed E-state index contributed by atoms with van der Waals surface area (Å²) >= 11 is 0. The van der Waals surface area contributed by atoms with Gasteiger partial charge in [0, 0.05) is 25.0 Å². The monoisotopic (exact) mass is 369 g/mol. The standard InChI is InChI=1S/C21H27N3O3/c1-16-8-7-11-19(17(16)2)23-21(26)15-24(12-13-27-3)14-20(25)22-18-9-5-4-6-10-18/h4-11H,12-15H2,1-3H3,(H,22,25)(H,23,26). The van der Waals surface area contributed by atoms with Crippen LogP contribution in [0.25, 0.3) is 0 Å². The fraction of sp³-hybridized carbons (Fsp3) is 0.333. The molecule has 0 aromatic heterocycles. The molecule has 0 aliphatic heterocycles. The van der Waals surface area contributed by atoms with Crippen LogP contribution in [0.1, 0.15) is 11.1 Å². The zero-order valence-corrected chi connectivity index (χ0v) is 16.1. The minimum atomic E-state index is -0.170. The first-order valence-corrected chi connectivity index (χ1v) is 8.92. The topological polar surface area (TPSA) is 70.7 Å². The highest BCUT2D eigenvalue weighted by atomic mass is 16.5. The van der Waals surface area contributed by atoms with Crippen molar-refractivity contribution in [3.05, 3.63) is 59.7 Å². The third-order valence-corrected chi connectivity index (χ3v) is 4.28. The number of carbonyl (C=O) groups is 2. The number of carbonyl (C=O) groups excluding carboxylic acids is 2. The first kappa shape index (κ1) is 20.6. The number of para-hydroxylation sites is 1. The molecule has 0 saturated carbocycles. The first-order valence-electron chi connectivity index (χ1n) is 8.92. The third kappa shape index (κ3) is 6.84. The Morgan fingerprint density at radius 1 is 0.926 bits per heavy atom. The Kier molecular flexibility index (Phi) is 7.98. The van der Waals surface area contributed by atoms with E-state index in [0.29, 0.717) is 13.2 Å². The molecule has 27 heavy (non-hydrogen) atoms. The molecule has 0 atom stereocenters. The van der Waals surface area contributed by atoms with Crippen LogP contribution < -0.4 is 10.6 Å². The number of hydrogen-bond donors (Lipinski definition) is 2. The molecule has 2 aromatic carbocycles. The van der Waals surface area contributed by atoms with Crippen molar-refractivity contribution in [3.8, 4) is 0 Å². The Labute approximate surface area is 160 Å². The summed E-state index contributed by atoms with van der Waals surface area (Å²) < 4.78 is 5.10. The highest BCUT2D eigenvalue weighted by Gasteiger charge is 2.15. The van der Waals surface area contributed by atoms with Crippen molar-refractivity contribution in [3.63, 3.8) is 0 Å². The summed E-state index contributed by atoms with van der Waals surface area (Å²) in [5.41, 5.74) is 3.68. The maximum Gasteiger partial charge on any atom is 0.238 e. The second kappa shape index (κ2) is 10.4. The molecule has 2 amide bonds. The molecule has 144 valence electrons. The molecule has 0 heterocycles. The summed E-state index contributed by atoms with van der Waals surface area (Å²) in [6.45, 7) is 5.12. The van der Waals surface area contributed by atoms with Crippen LogP contribution in [0.2, 0.25) is 0 Å². The van der Waals surface area contributed by atoms with Crippen molar-refractivity contribution in [1.29, 1.82) is 0 Å². The maximum atomic E-state index is 12.5. The molecule has 2 rings (SSSR count). The number of methoxy groups -OCH3 is 1. The molecule has 0 aliphatic rings. The SMILES string of the molecule is COCCN(CC(=O)Nc1ccccc1)CC(=O)Nc1cccc(C)c1C. The van der Waals surface area contributed by atoms with Crippen LogP contribution in [-0.2, 0) is 14.3 Å². The van der Waals surface area contributed by atoms with Gasteiger partial charge in [-0.05, 0) is 43.2 Å². The van der Waals surface area contributed by atoms with Crippen molar-refractivity contribution >= 4 is 23.2 Å². The van der Waals surface area contributed by atoms with Gasteiger partial charge in [0.05, 0.1) is 19.7 Å². The van der Waals surface area contributed by atoms with Crippen molar-refractivity contribution in [2.75, 3.05) is 44.0 Å². The lowest BCUT2D eigenvalue weighted by Crippen LogP contribution is -2.40. The minimum absolute atomic E-state index is 0.110. The summed E-state index contributed by atoms with van der Waals surface area (Å²) in [7, 11) is 1.60. The Bertz CT molecular complexity index is 763. The molecule has 2 N–H and O–H groups in total. The van der Waals surface area contributed by atoms with E-state index in [2.05, 4.69) is 10.6 Å². The smallest absolute Gasteiger partial charge is 0.238 e. The van der Waals surface area contributed by atoms with Crippen LogP contribution in [0.5, 0.6) is 0 Å². The van der Waals surface area contributed by atoms with E-state index in [1.807, 2.05) is 62.4 Å². The van der Waals surface area contributed by atoms with Gasteiger partial charge in [0.25, 0.3) is 0 Å². The van der Waals surface area contributed by atoms with Gasteiger partial charge in [0.15, 0.2) is 0 Å². The molecular formula is C21H27N3O3. The van der Waals surface area contributed by atoms with Crippen molar-refractivity contribution in [2.24, 2.45) is 0 Å². The number of amides is 2. The zero-order chi connectivity index (χ0) is 19.6. The molecule has 0 aliphatic carbocycles. The number of anilines is 2. The first-order chi connectivity index (χ1) is 13.0. The highest BCUT2D eigenvalue weighted by Crippen LogP contribution is 2.17. The normalized spacial score (nSPS) is 10.7. The summed E-state index contributed by atoms with van der Waals surface area (Å²) in [5.74, 6) is -0.329. The predicted octanol–water partition coefficient (Wildman–Crippen LogP) is 2.83. The number of hydrogen-bond acceptors (Lipinski definition) is 4. The second-order valence-corrected chi connectivity index (χ2v) is 6.41. The van der Waals surface area contributed by atoms with Gasteiger partial charge in [0.2, 0.25) is 11.8 Å². The Morgan fingerprint density at radius 2 is 1.59 bits per heavy atom. The van der Waals surface area contributed by atoms with Gasteiger partial charge < -0.3 is 15.4 Å². The van der Waals surface area contributed by atoms with Gasteiger partial charge in [-0.3, -0.25) is 14.5 Å².